The van der Waals surface area contributed by atoms with Gasteiger partial charge in [-0.05, 0) is 43.9 Å². The van der Waals surface area contributed by atoms with Crippen LogP contribution in [-0.2, 0) is 19.6 Å². The molecule has 0 radical (unpaired) electrons. The molecule has 2 fully saturated rings. The number of halogens is 2. The number of nitrogens with one attached hydrogen (secondary N) is 1. The van der Waals surface area contributed by atoms with Gasteiger partial charge in [0, 0.05) is 25.3 Å². The molecule has 0 bridgehead atoms. The number of piperidine rings is 1. The number of benzene rings is 1. The number of hydrogen-bond donors (Lipinski definition) is 1. The van der Waals surface area contributed by atoms with E-state index in [9.17, 15) is 18.0 Å². The third kappa shape index (κ3) is 5.28. The molecule has 2 unspecified atom stereocenters. The van der Waals surface area contributed by atoms with Crippen molar-refractivity contribution in [2.45, 2.75) is 54.7 Å². The van der Waals surface area contributed by atoms with Crippen molar-refractivity contribution in [2.75, 3.05) is 31.5 Å². The third-order valence-electron chi connectivity index (χ3n) is 5.53. The fourth-order valence-electron chi connectivity index (χ4n) is 3.77. The van der Waals surface area contributed by atoms with Gasteiger partial charge in [-0.3, -0.25) is 9.59 Å². The summed E-state index contributed by atoms with van der Waals surface area (Å²) >= 11 is 12.0. The van der Waals surface area contributed by atoms with Crippen molar-refractivity contribution in [3.63, 3.8) is 0 Å². The van der Waals surface area contributed by atoms with E-state index in [1.54, 1.807) is 19.1 Å². The molecule has 2 amide bonds. The highest BCUT2D eigenvalue weighted by atomic mass is 35.5. The van der Waals surface area contributed by atoms with Crippen LogP contribution in [0.1, 0.15) is 37.7 Å². The number of nitrogens with zero attached hydrogens (tertiary/aromatic N) is 2. The number of hydrogen-bond acceptors (Lipinski definition) is 4. The van der Waals surface area contributed by atoms with Gasteiger partial charge in [0.2, 0.25) is 21.8 Å². The number of carbonyl (C=O) groups is 2. The summed E-state index contributed by atoms with van der Waals surface area (Å²) in [5.74, 6) is -0.784. The maximum Gasteiger partial charge on any atom is 0.243 e. The van der Waals surface area contributed by atoms with Crippen LogP contribution < -0.4 is 5.32 Å². The average molecular weight is 476 g/mol. The number of anilines is 1. The Labute approximate surface area is 187 Å². The second kappa shape index (κ2) is 9.85. The maximum atomic E-state index is 13.2. The molecule has 2 heterocycles. The number of amides is 2. The number of carbonyl (C=O) groups excluding carboxylic acids is 2. The van der Waals surface area contributed by atoms with Crippen molar-refractivity contribution in [1.82, 2.24) is 9.21 Å². The lowest BCUT2D eigenvalue weighted by molar-refractivity contribution is -0.136. The predicted octanol–water partition coefficient (Wildman–Crippen LogP) is 2.95. The van der Waals surface area contributed by atoms with E-state index >= 15 is 0 Å². The molecule has 10 heteroatoms. The minimum absolute atomic E-state index is 0.159. The largest absolute Gasteiger partial charge is 0.332 e. The lowest BCUT2D eigenvalue weighted by Gasteiger charge is -2.31. The summed E-state index contributed by atoms with van der Waals surface area (Å²) in [5.41, 5.74) is 1.00. The Hall–Kier alpha value is -1.35. The average Bonchev–Trinajstić information content (AvgIpc) is 3.00. The zero-order chi connectivity index (χ0) is 21.9. The highest BCUT2D eigenvalue weighted by Crippen LogP contribution is 2.26. The topological polar surface area (TPSA) is 86.8 Å². The molecular formula is C20H27Cl2N3O4S. The van der Waals surface area contributed by atoms with Crippen LogP contribution in [0.3, 0.4) is 0 Å². The second-order valence-electron chi connectivity index (χ2n) is 7.81. The molecule has 166 valence electrons. The van der Waals surface area contributed by atoms with Crippen molar-refractivity contribution in [3.05, 3.63) is 23.8 Å². The van der Waals surface area contributed by atoms with Gasteiger partial charge in [-0.1, -0.05) is 18.9 Å². The molecule has 2 atom stereocenters. The maximum absolute atomic E-state index is 13.2. The van der Waals surface area contributed by atoms with Crippen LogP contribution in [0.2, 0.25) is 0 Å². The van der Waals surface area contributed by atoms with Crippen molar-refractivity contribution in [2.24, 2.45) is 0 Å². The fraction of sp³-hybridized carbons (Fsp3) is 0.600. The fourth-order valence-corrected chi connectivity index (χ4v) is 6.01. The molecule has 7 nitrogen and oxygen atoms in total. The number of aryl methyl sites for hydroxylation is 1. The lowest BCUT2D eigenvalue weighted by atomic mass is 10.1. The summed E-state index contributed by atoms with van der Waals surface area (Å²) in [6.45, 7) is 2.96. The highest BCUT2D eigenvalue weighted by Gasteiger charge is 2.35. The Bertz CT molecular complexity index is 901. The van der Waals surface area contributed by atoms with E-state index in [0.717, 1.165) is 25.7 Å². The highest BCUT2D eigenvalue weighted by molar-refractivity contribution is 7.89. The van der Waals surface area contributed by atoms with Crippen LogP contribution in [0.5, 0.6) is 0 Å². The van der Waals surface area contributed by atoms with Crippen LogP contribution in [0.25, 0.3) is 0 Å². The van der Waals surface area contributed by atoms with Gasteiger partial charge in [0.15, 0.2) is 0 Å². The van der Waals surface area contributed by atoms with Crippen molar-refractivity contribution >= 4 is 50.7 Å². The van der Waals surface area contributed by atoms with Gasteiger partial charge in [0.05, 0.1) is 16.8 Å². The van der Waals surface area contributed by atoms with Crippen LogP contribution in [-0.4, -0.2) is 66.4 Å². The molecular weight excluding hydrogens is 449 g/mol. The molecule has 1 aromatic rings. The van der Waals surface area contributed by atoms with E-state index in [2.05, 4.69) is 5.32 Å². The Morgan fingerprint density at radius 2 is 1.80 bits per heavy atom. The quantitative estimate of drug-likeness (QED) is 0.663. The summed E-state index contributed by atoms with van der Waals surface area (Å²) in [5, 5.41) is 1.41. The molecule has 3 rings (SSSR count). The standard InChI is InChI=1S/C20H27Cl2N3O4S/c1-14-6-7-15(12-17(14)30(28,29)25-9-4-2-3-5-10-25)23-18(26)13-24-11-8-16(21)19(22)20(24)27/h6-7,12,16,19H,2-5,8-11,13H2,1H3,(H,23,26). The summed E-state index contributed by atoms with van der Waals surface area (Å²) in [6, 6.07) is 4.83. The van der Waals surface area contributed by atoms with Gasteiger partial charge >= 0.3 is 0 Å². The Balaban J connectivity index is 1.72. The van der Waals surface area contributed by atoms with Gasteiger partial charge in [-0.25, -0.2) is 8.42 Å². The Kier molecular flexibility index (Phi) is 7.66. The normalized spacial score (nSPS) is 23.8. The number of rotatable bonds is 5. The Morgan fingerprint density at radius 3 is 2.47 bits per heavy atom. The summed E-state index contributed by atoms with van der Waals surface area (Å²) < 4.78 is 27.8. The van der Waals surface area contributed by atoms with Gasteiger partial charge in [-0.2, -0.15) is 4.31 Å². The number of sulfonamides is 1. The van der Waals surface area contributed by atoms with Crippen LogP contribution in [0, 0.1) is 6.92 Å². The molecule has 0 spiro atoms. The number of likely N-dealkylation sites (tertiary alicyclic amines) is 1. The van der Waals surface area contributed by atoms with Crippen molar-refractivity contribution in [3.8, 4) is 0 Å². The van der Waals surface area contributed by atoms with Crippen LogP contribution in [0.15, 0.2) is 23.1 Å². The minimum Gasteiger partial charge on any atom is -0.332 e. The molecule has 30 heavy (non-hydrogen) atoms. The molecule has 1 N–H and O–H groups in total. The molecule has 2 saturated heterocycles. The van der Waals surface area contributed by atoms with Crippen molar-refractivity contribution in [1.29, 1.82) is 0 Å². The van der Waals surface area contributed by atoms with Crippen LogP contribution >= 0.6 is 23.2 Å². The molecule has 1 aromatic carbocycles. The summed E-state index contributed by atoms with van der Waals surface area (Å²) in [7, 11) is -3.64. The van der Waals surface area contributed by atoms with E-state index in [4.69, 9.17) is 23.2 Å². The van der Waals surface area contributed by atoms with E-state index in [1.165, 1.54) is 15.3 Å². The van der Waals surface area contributed by atoms with Crippen LogP contribution in [0.4, 0.5) is 5.69 Å². The van der Waals surface area contributed by atoms with E-state index in [0.29, 0.717) is 37.3 Å². The predicted molar refractivity (Wildman–Crippen MR) is 118 cm³/mol. The SMILES string of the molecule is Cc1ccc(NC(=O)CN2CCC(Cl)C(Cl)C2=O)cc1S(=O)(=O)N1CCCCCC1. The smallest absolute Gasteiger partial charge is 0.243 e. The van der Waals surface area contributed by atoms with Gasteiger partial charge < -0.3 is 10.2 Å². The third-order valence-corrected chi connectivity index (χ3v) is 8.66. The summed E-state index contributed by atoms with van der Waals surface area (Å²) in [4.78, 5) is 26.2. The zero-order valence-corrected chi connectivity index (χ0v) is 19.3. The Morgan fingerprint density at radius 1 is 1.13 bits per heavy atom. The van der Waals surface area contributed by atoms with Gasteiger partial charge in [0.1, 0.15) is 5.38 Å². The van der Waals surface area contributed by atoms with E-state index in [1.807, 2.05) is 0 Å². The molecule has 2 aliphatic rings. The monoisotopic (exact) mass is 475 g/mol. The lowest BCUT2D eigenvalue weighted by Crippen LogP contribution is -2.49. The second-order valence-corrected chi connectivity index (χ2v) is 10.8. The summed E-state index contributed by atoms with van der Waals surface area (Å²) in [6.07, 6.45) is 4.28. The van der Waals surface area contributed by atoms with Gasteiger partial charge in [0.25, 0.3) is 0 Å². The first-order valence-electron chi connectivity index (χ1n) is 10.2. The molecule has 2 aliphatic heterocycles. The van der Waals surface area contributed by atoms with Gasteiger partial charge in [-0.15, -0.1) is 23.2 Å². The zero-order valence-electron chi connectivity index (χ0n) is 16.9. The van der Waals surface area contributed by atoms with E-state index in [-0.39, 0.29) is 17.3 Å². The first kappa shape index (κ1) is 23.3. The molecule has 0 aromatic heterocycles. The first-order chi connectivity index (χ1) is 14.2. The molecule has 0 aliphatic carbocycles. The van der Waals surface area contributed by atoms with Crippen molar-refractivity contribution < 1.29 is 18.0 Å². The minimum atomic E-state index is -3.64. The molecule has 0 saturated carbocycles. The van der Waals surface area contributed by atoms with E-state index < -0.39 is 26.7 Å². The number of alkyl halides is 2. The first-order valence-corrected chi connectivity index (χ1v) is 12.5.